The fourth-order valence-electron chi connectivity index (χ4n) is 3.32. The number of hydrogen-bond acceptors (Lipinski definition) is 8. The monoisotopic (exact) mass is 523 g/mol. The van der Waals surface area contributed by atoms with E-state index in [4.69, 9.17) is 11.5 Å². The van der Waals surface area contributed by atoms with Crippen LogP contribution >= 0.6 is 0 Å². The second-order valence-electron chi connectivity index (χ2n) is 8.97. The van der Waals surface area contributed by atoms with Gasteiger partial charge in [0.15, 0.2) is 0 Å². The van der Waals surface area contributed by atoms with Crippen LogP contribution in [0.5, 0.6) is 5.75 Å². The van der Waals surface area contributed by atoms with Gasteiger partial charge in [0.1, 0.15) is 23.9 Å². The highest BCUT2D eigenvalue weighted by atomic mass is 16.4. The van der Waals surface area contributed by atoms with Crippen molar-refractivity contribution in [3.8, 4) is 5.75 Å². The van der Waals surface area contributed by atoms with E-state index in [1.165, 1.54) is 31.2 Å². The third kappa shape index (κ3) is 10.4. The lowest BCUT2D eigenvalue weighted by molar-refractivity contribution is -0.142. The molecular weight excluding hydrogens is 486 g/mol. The average molecular weight is 524 g/mol. The molecule has 13 nitrogen and oxygen atoms in total. The van der Waals surface area contributed by atoms with Gasteiger partial charge in [0.05, 0.1) is 12.1 Å². The van der Waals surface area contributed by atoms with Gasteiger partial charge in [-0.3, -0.25) is 19.2 Å². The van der Waals surface area contributed by atoms with Crippen molar-refractivity contribution in [1.82, 2.24) is 16.0 Å². The first-order valence-electron chi connectivity index (χ1n) is 11.9. The van der Waals surface area contributed by atoms with Gasteiger partial charge in [0, 0.05) is 12.8 Å². The predicted octanol–water partition coefficient (Wildman–Crippen LogP) is -1.51. The number of carboxylic acids is 1. The summed E-state index contributed by atoms with van der Waals surface area (Å²) in [5, 5.41) is 36.2. The number of rotatable bonds is 15. The van der Waals surface area contributed by atoms with Gasteiger partial charge in [-0.05, 0) is 37.0 Å². The Morgan fingerprint density at radius 3 is 1.97 bits per heavy atom. The highest BCUT2D eigenvalue weighted by Crippen LogP contribution is 2.12. The number of aromatic hydroxyl groups is 1. The maximum absolute atomic E-state index is 13.1. The number of phenols is 1. The van der Waals surface area contributed by atoms with E-state index in [-0.39, 0.29) is 30.9 Å². The number of nitrogens with one attached hydrogen (secondary N) is 3. The standard InChI is InChI=1S/C24H37N5O8/c1-4-12(2)19(26)22(34)29-20(13(3)30)23(35)28-17(11-14-5-7-15(31)8-6-14)21(33)27-16(24(36)37)9-10-18(25)32/h5-8,12-13,16-17,19-20,30-31H,4,9-11,26H2,1-3H3,(H2,25,32)(H,27,33)(H,28,35)(H,29,34)(H,36,37). The molecule has 1 aromatic rings. The lowest BCUT2D eigenvalue weighted by Crippen LogP contribution is -2.60. The summed E-state index contributed by atoms with van der Waals surface area (Å²) in [6, 6.07) is 0.557. The maximum atomic E-state index is 13.1. The molecular formula is C24H37N5O8. The molecule has 4 amide bonds. The van der Waals surface area contributed by atoms with Crippen molar-refractivity contribution in [1.29, 1.82) is 0 Å². The average Bonchev–Trinajstić information content (AvgIpc) is 2.83. The Balaban J connectivity index is 3.15. The first-order chi connectivity index (χ1) is 17.3. The van der Waals surface area contributed by atoms with Crippen molar-refractivity contribution in [2.75, 3.05) is 0 Å². The molecule has 1 rings (SSSR count). The second-order valence-corrected chi connectivity index (χ2v) is 8.97. The van der Waals surface area contributed by atoms with Crippen LogP contribution in [-0.2, 0) is 30.4 Å². The van der Waals surface area contributed by atoms with Crippen LogP contribution < -0.4 is 27.4 Å². The number of phenolic OH excluding ortho intramolecular Hbond substituents is 1. The summed E-state index contributed by atoms with van der Waals surface area (Å²) in [4.78, 5) is 61.3. The van der Waals surface area contributed by atoms with Crippen molar-refractivity contribution in [3.05, 3.63) is 29.8 Å². The largest absolute Gasteiger partial charge is 0.508 e. The zero-order valence-corrected chi connectivity index (χ0v) is 21.1. The number of carbonyl (C=O) groups is 5. The molecule has 6 unspecified atom stereocenters. The van der Waals surface area contributed by atoms with E-state index in [1.807, 2.05) is 6.92 Å². The van der Waals surface area contributed by atoms with E-state index in [0.717, 1.165) is 0 Å². The molecule has 0 aromatic heterocycles. The minimum atomic E-state index is -1.46. The fraction of sp³-hybridized carbons (Fsp3) is 0.542. The molecule has 0 aliphatic rings. The molecule has 0 saturated carbocycles. The lowest BCUT2D eigenvalue weighted by Gasteiger charge is -2.27. The van der Waals surface area contributed by atoms with Gasteiger partial charge in [-0.15, -0.1) is 0 Å². The van der Waals surface area contributed by atoms with Crippen molar-refractivity contribution < 1.29 is 39.3 Å². The van der Waals surface area contributed by atoms with Gasteiger partial charge < -0.3 is 42.7 Å². The van der Waals surface area contributed by atoms with Crippen LogP contribution in [0.15, 0.2) is 24.3 Å². The highest BCUT2D eigenvalue weighted by Gasteiger charge is 2.33. The number of benzene rings is 1. The summed E-state index contributed by atoms with van der Waals surface area (Å²) in [5.74, 6) is -4.82. The summed E-state index contributed by atoms with van der Waals surface area (Å²) >= 11 is 0. The number of carbonyl (C=O) groups excluding carboxylic acids is 4. The van der Waals surface area contributed by atoms with E-state index in [2.05, 4.69) is 16.0 Å². The smallest absolute Gasteiger partial charge is 0.326 e. The Hall–Kier alpha value is -3.71. The molecule has 0 spiro atoms. The molecule has 206 valence electrons. The summed E-state index contributed by atoms with van der Waals surface area (Å²) in [6.45, 7) is 4.88. The zero-order chi connectivity index (χ0) is 28.3. The Morgan fingerprint density at radius 2 is 1.49 bits per heavy atom. The van der Waals surface area contributed by atoms with Gasteiger partial charge in [-0.1, -0.05) is 32.4 Å². The third-order valence-corrected chi connectivity index (χ3v) is 5.93. The van der Waals surface area contributed by atoms with Gasteiger partial charge in [0.2, 0.25) is 23.6 Å². The third-order valence-electron chi connectivity index (χ3n) is 5.93. The van der Waals surface area contributed by atoms with Crippen LogP contribution in [0.2, 0.25) is 0 Å². The van der Waals surface area contributed by atoms with E-state index in [0.29, 0.717) is 12.0 Å². The molecule has 0 bridgehead atoms. The zero-order valence-electron chi connectivity index (χ0n) is 21.1. The van der Waals surface area contributed by atoms with Crippen molar-refractivity contribution in [2.45, 2.75) is 76.7 Å². The van der Waals surface area contributed by atoms with Gasteiger partial charge in [-0.25, -0.2) is 4.79 Å². The molecule has 0 radical (unpaired) electrons. The van der Waals surface area contributed by atoms with Crippen LogP contribution in [0.3, 0.4) is 0 Å². The predicted molar refractivity (Wildman–Crippen MR) is 133 cm³/mol. The van der Waals surface area contributed by atoms with E-state index in [1.54, 1.807) is 6.92 Å². The number of aliphatic carboxylic acids is 1. The van der Waals surface area contributed by atoms with Crippen molar-refractivity contribution in [2.24, 2.45) is 17.4 Å². The Labute approximate surface area is 215 Å². The Kier molecular flexibility index (Phi) is 12.5. The van der Waals surface area contributed by atoms with Gasteiger partial charge >= 0.3 is 5.97 Å². The molecule has 13 heteroatoms. The molecule has 37 heavy (non-hydrogen) atoms. The number of aliphatic hydroxyl groups excluding tert-OH is 1. The number of carboxylic acid groups (broad SMARTS) is 1. The van der Waals surface area contributed by atoms with Crippen LogP contribution in [0.1, 0.15) is 45.6 Å². The molecule has 10 N–H and O–H groups in total. The quantitative estimate of drug-likeness (QED) is 0.133. The number of hydrogen-bond donors (Lipinski definition) is 8. The van der Waals surface area contributed by atoms with Crippen LogP contribution in [-0.4, -0.2) is 75.2 Å². The number of nitrogens with two attached hydrogens (primary N) is 2. The Bertz CT molecular complexity index is 953. The number of aliphatic hydroxyl groups is 1. The maximum Gasteiger partial charge on any atom is 0.326 e. The van der Waals surface area contributed by atoms with Crippen LogP contribution in [0, 0.1) is 5.92 Å². The molecule has 6 atom stereocenters. The van der Waals surface area contributed by atoms with Crippen molar-refractivity contribution >= 4 is 29.6 Å². The summed E-state index contributed by atoms with van der Waals surface area (Å²) in [5.41, 5.74) is 11.5. The SMILES string of the molecule is CCC(C)C(N)C(=O)NC(C(=O)NC(Cc1ccc(O)cc1)C(=O)NC(CCC(N)=O)C(=O)O)C(C)O. The first kappa shape index (κ1) is 31.3. The van der Waals surface area contributed by atoms with Crippen LogP contribution in [0.25, 0.3) is 0 Å². The topological polar surface area (TPSA) is 234 Å². The molecule has 0 saturated heterocycles. The summed E-state index contributed by atoms with van der Waals surface area (Å²) in [6.07, 6.45) is -1.43. The molecule has 0 heterocycles. The fourth-order valence-corrected chi connectivity index (χ4v) is 3.32. The van der Waals surface area contributed by atoms with E-state index in [9.17, 15) is 39.3 Å². The summed E-state index contributed by atoms with van der Waals surface area (Å²) < 4.78 is 0. The molecule has 1 aromatic carbocycles. The number of amides is 4. The molecule has 0 aliphatic carbocycles. The minimum Gasteiger partial charge on any atom is -0.508 e. The Morgan fingerprint density at radius 1 is 0.919 bits per heavy atom. The van der Waals surface area contributed by atoms with Gasteiger partial charge in [0.25, 0.3) is 0 Å². The van der Waals surface area contributed by atoms with Gasteiger partial charge in [-0.2, -0.15) is 0 Å². The minimum absolute atomic E-state index is 0.0271. The highest BCUT2D eigenvalue weighted by molar-refractivity contribution is 5.94. The normalized spacial score (nSPS) is 15.8. The summed E-state index contributed by atoms with van der Waals surface area (Å²) in [7, 11) is 0. The van der Waals surface area contributed by atoms with E-state index < -0.39 is 59.9 Å². The van der Waals surface area contributed by atoms with E-state index >= 15 is 0 Å². The molecule has 0 fully saturated rings. The second kappa shape index (κ2) is 14.8. The lowest BCUT2D eigenvalue weighted by atomic mass is 9.98. The first-order valence-corrected chi connectivity index (χ1v) is 11.9. The van der Waals surface area contributed by atoms with Crippen molar-refractivity contribution in [3.63, 3.8) is 0 Å². The van der Waals surface area contributed by atoms with Crippen LogP contribution in [0.4, 0.5) is 0 Å². The number of primary amides is 1. The molecule has 0 aliphatic heterocycles.